The summed E-state index contributed by atoms with van der Waals surface area (Å²) in [7, 11) is 3.20. The number of nitriles is 1. The fourth-order valence-corrected chi connectivity index (χ4v) is 3.56. The zero-order chi connectivity index (χ0) is 19.0. The molecule has 3 aromatic carbocycles. The lowest BCUT2D eigenvalue weighted by molar-refractivity contribution is 0.383. The Labute approximate surface area is 157 Å². The first kappa shape index (κ1) is 16.8. The predicted octanol–water partition coefficient (Wildman–Crippen LogP) is 4.08. The lowest BCUT2D eigenvalue weighted by Crippen LogP contribution is -2.21. The lowest BCUT2D eigenvalue weighted by Gasteiger charge is -2.28. The Kier molecular flexibility index (Phi) is 4.09. The van der Waals surface area contributed by atoms with Crippen LogP contribution in [-0.2, 0) is 0 Å². The van der Waals surface area contributed by atoms with E-state index in [1.807, 2.05) is 48.5 Å². The summed E-state index contributed by atoms with van der Waals surface area (Å²) >= 11 is 0. The Hall–Kier alpha value is -3.65. The maximum Gasteiger partial charge on any atom is 0.205 e. The molecule has 3 aromatic rings. The standard InChI is InChI=1S/C22H18N2O3/c1-25-14-8-10-16(19(11-14)26-2)20-17-9-7-13-5-3-4-6-15(13)21(17)27-22(24)18(20)12-23/h3-11,20H,24H2,1-2H3. The van der Waals surface area contributed by atoms with E-state index in [2.05, 4.69) is 6.07 Å². The van der Waals surface area contributed by atoms with E-state index in [-0.39, 0.29) is 11.8 Å². The molecule has 0 amide bonds. The molecule has 4 rings (SSSR count). The topological polar surface area (TPSA) is 77.5 Å². The Morgan fingerprint density at radius 2 is 1.78 bits per heavy atom. The third-order valence-corrected chi connectivity index (χ3v) is 4.86. The van der Waals surface area contributed by atoms with E-state index in [4.69, 9.17) is 19.9 Å². The maximum absolute atomic E-state index is 9.76. The highest BCUT2D eigenvalue weighted by Crippen LogP contribution is 2.47. The quantitative estimate of drug-likeness (QED) is 0.763. The van der Waals surface area contributed by atoms with Crippen LogP contribution < -0.4 is 19.9 Å². The van der Waals surface area contributed by atoms with E-state index in [1.54, 1.807) is 20.3 Å². The largest absolute Gasteiger partial charge is 0.497 e. The molecule has 0 aliphatic carbocycles. The van der Waals surface area contributed by atoms with Crippen LogP contribution >= 0.6 is 0 Å². The van der Waals surface area contributed by atoms with Gasteiger partial charge in [0.05, 0.1) is 20.1 Å². The molecule has 0 fully saturated rings. The average Bonchev–Trinajstić information content (AvgIpc) is 2.72. The van der Waals surface area contributed by atoms with Gasteiger partial charge < -0.3 is 19.9 Å². The number of rotatable bonds is 3. The second kappa shape index (κ2) is 6.58. The summed E-state index contributed by atoms with van der Waals surface area (Å²) in [5.41, 5.74) is 8.21. The Bertz CT molecular complexity index is 1110. The number of benzene rings is 3. The van der Waals surface area contributed by atoms with Crippen molar-refractivity contribution in [2.24, 2.45) is 5.73 Å². The molecule has 0 bridgehead atoms. The van der Waals surface area contributed by atoms with Crippen LogP contribution in [0.2, 0.25) is 0 Å². The Balaban J connectivity index is 2.00. The van der Waals surface area contributed by atoms with Crippen LogP contribution in [-0.4, -0.2) is 14.2 Å². The van der Waals surface area contributed by atoms with Crippen molar-refractivity contribution >= 4 is 10.8 Å². The second-order valence-corrected chi connectivity index (χ2v) is 6.24. The summed E-state index contributed by atoms with van der Waals surface area (Å²) in [5.74, 6) is 1.71. The highest BCUT2D eigenvalue weighted by Gasteiger charge is 2.33. The molecule has 1 heterocycles. The molecule has 0 saturated heterocycles. The van der Waals surface area contributed by atoms with Gasteiger partial charge >= 0.3 is 0 Å². The first-order valence-corrected chi connectivity index (χ1v) is 8.49. The number of fused-ring (bicyclic) bond motifs is 3. The van der Waals surface area contributed by atoms with Crippen molar-refractivity contribution in [3.8, 4) is 23.3 Å². The van der Waals surface area contributed by atoms with Gasteiger partial charge in [-0.25, -0.2) is 0 Å². The van der Waals surface area contributed by atoms with Crippen LogP contribution in [0.3, 0.4) is 0 Å². The number of hydrogen-bond donors (Lipinski definition) is 1. The van der Waals surface area contributed by atoms with Gasteiger partial charge in [0, 0.05) is 22.6 Å². The zero-order valence-corrected chi connectivity index (χ0v) is 15.0. The molecule has 1 aliphatic heterocycles. The molecule has 0 aromatic heterocycles. The summed E-state index contributed by atoms with van der Waals surface area (Å²) in [6.45, 7) is 0. The molecule has 1 unspecified atom stereocenters. The molecule has 5 heteroatoms. The fraction of sp³-hybridized carbons (Fsp3) is 0.136. The van der Waals surface area contributed by atoms with Gasteiger partial charge in [-0.3, -0.25) is 0 Å². The van der Waals surface area contributed by atoms with Gasteiger partial charge in [0.2, 0.25) is 5.88 Å². The first-order chi connectivity index (χ1) is 13.2. The summed E-state index contributed by atoms with van der Waals surface area (Å²) in [6.07, 6.45) is 0. The number of methoxy groups -OCH3 is 2. The normalized spacial score (nSPS) is 15.7. The van der Waals surface area contributed by atoms with Crippen LogP contribution in [0.25, 0.3) is 10.8 Å². The number of hydrogen-bond acceptors (Lipinski definition) is 5. The van der Waals surface area contributed by atoms with Crippen molar-refractivity contribution in [1.82, 2.24) is 0 Å². The number of nitrogens with two attached hydrogens (primary N) is 1. The van der Waals surface area contributed by atoms with Crippen LogP contribution in [0.4, 0.5) is 0 Å². The monoisotopic (exact) mass is 358 g/mol. The molecule has 0 radical (unpaired) electrons. The highest BCUT2D eigenvalue weighted by atomic mass is 16.5. The van der Waals surface area contributed by atoms with Crippen molar-refractivity contribution in [2.75, 3.05) is 14.2 Å². The highest BCUT2D eigenvalue weighted by molar-refractivity contribution is 5.91. The SMILES string of the molecule is COc1ccc(C2C(C#N)=C(N)Oc3c2ccc2ccccc32)c(OC)c1. The molecule has 5 nitrogen and oxygen atoms in total. The van der Waals surface area contributed by atoms with E-state index < -0.39 is 0 Å². The third kappa shape index (κ3) is 2.63. The van der Waals surface area contributed by atoms with Gasteiger partial charge in [-0.05, 0) is 11.5 Å². The summed E-state index contributed by atoms with van der Waals surface area (Å²) in [6, 6.07) is 19.7. The van der Waals surface area contributed by atoms with E-state index in [0.29, 0.717) is 22.8 Å². The summed E-state index contributed by atoms with van der Waals surface area (Å²) in [5, 5.41) is 11.8. The summed E-state index contributed by atoms with van der Waals surface area (Å²) < 4.78 is 16.8. The third-order valence-electron chi connectivity index (χ3n) is 4.86. The van der Waals surface area contributed by atoms with Crippen LogP contribution in [0.5, 0.6) is 17.2 Å². The van der Waals surface area contributed by atoms with Gasteiger partial charge in [0.25, 0.3) is 0 Å². The number of nitrogens with zero attached hydrogens (tertiary/aromatic N) is 1. The molecule has 0 spiro atoms. The van der Waals surface area contributed by atoms with Crippen molar-refractivity contribution in [2.45, 2.75) is 5.92 Å². The van der Waals surface area contributed by atoms with Crippen molar-refractivity contribution in [3.63, 3.8) is 0 Å². The predicted molar refractivity (Wildman–Crippen MR) is 103 cm³/mol. The molecule has 2 N–H and O–H groups in total. The Morgan fingerprint density at radius 1 is 1.00 bits per heavy atom. The van der Waals surface area contributed by atoms with Crippen molar-refractivity contribution < 1.29 is 14.2 Å². The second-order valence-electron chi connectivity index (χ2n) is 6.24. The minimum absolute atomic E-state index is 0.115. The van der Waals surface area contributed by atoms with Crippen LogP contribution in [0, 0.1) is 11.3 Å². The molecular weight excluding hydrogens is 340 g/mol. The van der Waals surface area contributed by atoms with Crippen molar-refractivity contribution in [3.05, 3.63) is 77.2 Å². The smallest absolute Gasteiger partial charge is 0.205 e. The maximum atomic E-state index is 9.76. The molecule has 0 saturated carbocycles. The molecule has 1 atom stereocenters. The van der Waals surface area contributed by atoms with Gasteiger partial charge in [0.1, 0.15) is 28.9 Å². The first-order valence-electron chi connectivity index (χ1n) is 8.49. The number of ether oxygens (including phenoxy) is 3. The van der Waals surface area contributed by atoms with Crippen molar-refractivity contribution in [1.29, 1.82) is 5.26 Å². The van der Waals surface area contributed by atoms with E-state index in [9.17, 15) is 5.26 Å². The zero-order valence-electron chi connectivity index (χ0n) is 15.0. The molecule has 134 valence electrons. The minimum Gasteiger partial charge on any atom is -0.497 e. The van der Waals surface area contributed by atoms with E-state index in [1.165, 1.54) is 0 Å². The fourth-order valence-electron chi connectivity index (χ4n) is 3.56. The Morgan fingerprint density at radius 3 is 2.52 bits per heavy atom. The van der Waals surface area contributed by atoms with E-state index in [0.717, 1.165) is 21.9 Å². The molecular formula is C22H18N2O3. The van der Waals surface area contributed by atoms with Gasteiger partial charge in [-0.15, -0.1) is 0 Å². The number of allylic oxidation sites excluding steroid dienone is 1. The average molecular weight is 358 g/mol. The molecule has 27 heavy (non-hydrogen) atoms. The summed E-state index contributed by atoms with van der Waals surface area (Å²) in [4.78, 5) is 0. The van der Waals surface area contributed by atoms with Gasteiger partial charge in [-0.1, -0.05) is 42.5 Å². The molecule has 1 aliphatic rings. The van der Waals surface area contributed by atoms with Gasteiger partial charge in [0.15, 0.2) is 0 Å². The van der Waals surface area contributed by atoms with Gasteiger partial charge in [-0.2, -0.15) is 5.26 Å². The lowest BCUT2D eigenvalue weighted by atomic mass is 9.82. The van der Waals surface area contributed by atoms with Crippen LogP contribution in [0.15, 0.2) is 66.1 Å². The minimum atomic E-state index is -0.385. The van der Waals surface area contributed by atoms with Crippen LogP contribution in [0.1, 0.15) is 17.0 Å². The van der Waals surface area contributed by atoms with E-state index >= 15 is 0 Å².